The van der Waals surface area contributed by atoms with E-state index < -0.39 is 0 Å². The molecule has 0 aromatic heterocycles. The number of likely N-dealkylation sites (N-methyl/N-ethyl adjacent to an activating group) is 1. The van der Waals surface area contributed by atoms with Gasteiger partial charge in [0, 0.05) is 30.6 Å². The summed E-state index contributed by atoms with van der Waals surface area (Å²) in [5.41, 5.74) is 4.16. The van der Waals surface area contributed by atoms with Crippen LogP contribution in [-0.4, -0.2) is 18.8 Å². The minimum absolute atomic E-state index is 0.0160. The van der Waals surface area contributed by atoms with Crippen LogP contribution in [-0.2, 0) is 5.41 Å². The van der Waals surface area contributed by atoms with Gasteiger partial charge in [0.1, 0.15) is 0 Å². The smallest absolute Gasteiger partial charge is 0.0878 e. The summed E-state index contributed by atoms with van der Waals surface area (Å²) in [6.45, 7) is 6.81. The molecule has 94 valence electrons. The Balaban J connectivity index is 2.23. The average molecular weight is 240 g/mol. The summed E-state index contributed by atoms with van der Waals surface area (Å²) in [6, 6.07) is 6.78. The highest BCUT2D eigenvalue weighted by atomic mass is 15.2. The van der Waals surface area contributed by atoms with Crippen molar-refractivity contribution in [3.63, 3.8) is 0 Å². The second-order valence-corrected chi connectivity index (χ2v) is 6.00. The zero-order valence-corrected chi connectivity index (χ0v) is 11.6. The fraction of sp³-hybridized carbons (Fsp3) is 0.438. The lowest BCUT2D eigenvalue weighted by atomic mass is 9.68. The molecule has 1 aromatic rings. The Bertz CT molecular complexity index is 554. The molecule has 0 amide bonds. The van der Waals surface area contributed by atoms with Crippen molar-refractivity contribution in [3.05, 3.63) is 41.6 Å². The third-order valence-electron chi connectivity index (χ3n) is 4.78. The summed E-state index contributed by atoms with van der Waals surface area (Å²) in [5.74, 6) is 0. The number of aryl methyl sites for hydroxylation is 1. The average Bonchev–Trinajstić information content (AvgIpc) is 2.51. The van der Waals surface area contributed by atoms with Crippen molar-refractivity contribution in [3.8, 4) is 0 Å². The molecule has 1 unspecified atom stereocenters. The predicted octanol–water partition coefficient (Wildman–Crippen LogP) is 3.45. The topological polar surface area (TPSA) is 15.6 Å². The van der Waals surface area contributed by atoms with E-state index in [9.17, 15) is 0 Å². The van der Waals surface area contributed by atoms with Gasteiger partial charge in [-0.25, -0.2) is 0 Å². The van der Waals surface area contributed by atoms with Gasteiger partial charge in [-0.1, -0.05) is 32.1 Å². The number of aliphatic imine (C=N–C) groups is 1. The fourth-order valence-electron chi connectivity index (χ4n) is 3.47. The van der Waals surface area contributed by atoms with Crippen LogP contribution in [0.3, 0.4) is 0 Å². The highest BCUT2D eigenvalue weighted by Gasteiger charge is 2.54. The van der Waals surface area contributed by atoms with Crippen LogP contribution >= 0.6 is 0 Å². The molecule has 2 heteroatoms. The minimum Gasteiger partial charge on any atom is -0.362 e. The molecule has 2 aliphatic rings. The van der Waals surface area contributed by atoms with E-state index in [0.29, 0.717) is 0 Å². The summed E-state index contributed by atoms with van der Waals surface area (Å²) in [4.78, 5) is 6.82. The van der Waals surface area contributed by atoms with Crippen LogP contribution in [0.2, 0.25) is 0 Å². The van der Waals surface area contributed by atoms with E-state index >= 15 is 0 Å². The third kappa shape index (κ3) is 1.21. The van der Waals surface area contributed by atoms with Crippen molar-refractivity contribution < 1.29 is 0 Å². The predicted molar refractivity (Wildman–Crippen MR) is 77.6 cm³/mol. The summed E-state index contributed by atoms with van der Waals surface area (Å²) in [7, 11) is 2.19. The Kier molecular flexibility index (Phi) is 2.22. The molecule has 1 atom stereocenters. The van der Waals surface area contributed by atoms with Crippen molar-refractivity contribution >= 4 is 11.9 Å². The van der Waals surface area contributed by atoms with Gasteiger partial charge in [-0.2, -0.15) is 0 Å². The van der Waals surface area contributed by atoms with Gasteiger partial charge in [-0.3, -0.25) is 4.99 Å². The molecule has 1 aromatic carbocycles. The van der Waals surface area contributed by atoms with Crippen LogP contribution in [0.25, 0.3) is 0 Å². The van der Waals surface area contributed by atoms with Crippen LogP contribution < -0.4 is 4.90 Å². The Labute approximate surface area is 109 Å². The normalized spacial score (nSPS) is 27.9. The van der Waals surface area contributed by atoms with E-state index in [1.165, 1.54) is 16.8 Å². The van der Waals surface area contributed by atoms with E-state index in [1.54, 1.807) is 0 Å². The second kappa shape index (κ2) is 3.47. The van der Waals surface area contributed by atoms with Crippen molar-refractivity contribution in [1.29, 1.82) is 0 Å². The Morgan fingerprint density at radius 1 is 1.28 bits per heavy atom. The molecule has 18 heavy (non-hydrogen) atoms. The van der Waals surface area contributed by atoms with E-state index in [4.69, 9.17) is 0 Å². The molecule has 0 radical (unpaired) electrons. The lowest BCUT2D eigenvalue weighted by molar-refractivity contribution is 0.365. The van der Waals surface area contributed by atoms with E-state index in [2.05, 4.69) is 68.2 Å². The summed E-state index contributed by atoms with van der Waals surface area (Å²) < 4.78 is 0. The molecule has 3 rings (SSSR count). The number of fused-ring (bicyclic) bond motifs is 1. The first-order valence-electron chi connectivity index (χ1n) is 6.53. The van der Waals surface area contributed by atoms with Gasteiger partial charge in [-0.05, 0) is 30.5 Å². The monoisotopic (exact) mass is 240 g/mol. The summed E-state index contributed by atoms with van der Waals surface area (Å²) in [6.07, 6.45) is 7.23. The van der Waals surface area contributed by atoms with Gasteiger partial charge in [0.15, 0.2) is 0 Å². The van der Waals surface area contributed by atoms with E-state index in [0.717, 1.165) is 6.42 Å². The van der Waals surface area contributed by atoms with Gasteiger partial charge in [-0.15, -0.1) is 0 Å². The number of hydrogen-bond donors (Lipinski definition) is 0. The van der Waals surface area contributed by atoms with Gasteiger partial charge in [0.25, 0.3) is 0 Å². The second-order valence-electron chi connectivity index (χ2n) is 6.00. The first kappa shape index (κ1) is 11.5. The van der Waals surface area contributed by atoms with Crippen LogP contribution in [0.1, 0.15) is 31.4 Å². The Hall–Kier alpha value is -1.57. The minimum atomic E-state index is -0.0160. The number of hydrogen-bond acceptors (Lipinski definition) is 2. The molecule has 0 aliphatic carbocycles. The molecule has 0 bridgehead atoms. The van der Waals surface area contributed by atoms with Crippen molar-refractivity contribution in [2.45, 2.75) is 38.1 Å². The number of benzene rings is 1. The number of anilines is 1. The maximum Gasteiger partial charge on any atom is 0.0878 e. The van der Waals surface area contributed by atoms with E-state index in [-0.39, 0.29) is 11.0 Å². The lowest BCUT2D eigenvalue weighted by Gasteiger charge is -2.44. The van der Waals surface area contributed by atoms with Gasteiger partial charge in [0.2, 0.25) is 0 Å². The highest BCUT2D eigenvalue weighted by molar-refractivity contribution is 5.86. The molecule has 1 spiro atoms. The zero-order valence-electron chi connectivity index (χ0n) is 11.6. The molecule has 0 saturated carbocycles. The fourth-order valence-corrected chi connectivity index (χ4v) is 3.47. The van der Waals surface area contributed by atoms with Crippen LogP contribution in [0.15, 0.2) is 35.5 Å². The maximum absolute atomic E-state index is 4.42. The maximum atomic E-state index is 4.42. The van der Waals surface area contributed by atoms with Crippen molar-refractivity contribution in [1.82, 2.24) is 0 Å². The first-order chi connectivity index (χ1) is 8.49. The van der Waals surface area contributed by atoms with Gasteiger partial charge < -0.3 is 4.90 Å². The molecular formula is C16H20N2. The lowest BCUT2D eigenvalue weighted by Crippen LogP contribution is -2.56. The summed E-state index contributed by atoms with van der Waals surface area (Å²) in [5, 5.41) is 0. The molecule has 0 saturated heterocycles. The number of rotatable bonds is 0. The Morgan fingerprint density at radius 2 is 2.06 bits per heavy atom. The third-order valence-corrected chi connectivity index (χ3v) is 4.78. The first-order valence-corrected chi connectivity index (χ1v) is 6.53. The standard InChI is InChI=1S/C16H20N2/c1-12-6-7-13-14(10-12)18(4)16(15(13,2)3)8-5-9-17-11-16/h5-7,9-11H,8H2,1-4H3. The molecule has 2 nitrogen and oxygen atoms in total. The van der Waals surface area contributed by atoms with Crippen molar-refractivity contribution in [2.75, 3.05) is 11.9 Å². The zero-order chi connectivity index (χ0) is 13.0. The van der Waals surface area contributed by atoms with Crippen LogP contribution in [0.4, 0.5) is 5.69 Å². The Morgan fingerprint density at radius 3 is 2.72 bits per heavy atom. The quantitative estimate of drug-likeness (QED) is 0.678. The molecule has 2 aliphatic heterocycles. The largest absolute Gasteiger partial charge is 0.362 e. The molecule has 0 N–H and O–H groups in total. The van der Waals surface area contributed by atoms with Crippen molar-refractivity contribution in [2.24, 2.45) is 4.99 Å². The SMILES string of the molecule is Cc1ccc2c(c1)N(C)C1(C=NC=CC1)C2(C)C. The number of nitrogens with zero attached hydrogens (tertiary/aromatic N) is 2. The molecule has 0 fully saturated rings. The summed E-state index contributed by atoms with van der Waals surface area (Å²) >= 11 is 0. The molecule has 2 heterocycles. The van der Waals surface area contributed by atoms with E-state index in [1.807, 2.05) is 6.20 Å². The van der Waals surface area contributed by atoms with Gasteiger partial charge >= 0.3 is 0 Å². The highest BCUT2D eigenvalue weighted by Crippen LogP contribution is 2.52. The van der Waals surface area contributed by atoms with Crippen LogP contribution in [0, 0.1) is 6.92 Å². The van der Waals surface area contributed by atoms with Crippen LogP contribution in [0.5, 0.6) is 0 Å². The molecular weight excluding hydrogens is 220 g/mol. The van der Waals surface area contributed by atoms with Gasteiger partial charge in [0.05, 0.1) is 5.54 Å².